The summed E-state index contributed by atoms with van der Waals surface area (Å²) in [6.45, 7) is 2.33. The second-order valence-electron chi connectivity index (χ2n) is 4.22. The molecule has 4 rings (SSSR count). The summed E-state index contributed by atoms with van der Waals surface area (Å²) in [6, 6.07) is 0.326. The van der Waals surface area contributed by atoms with Gasteiger partial charge in [-0.3, -0.25) is 4.90 Å². The van der Waals surface area contributed by atoms with Crippen molar-refractivity contribution in [2.24, 2.45) is 5.92 Å². The molecule has 1 aromatic heterocycles. The summed E-state index contributed by atoms with van der Waals surface area (Å²) in [4.78, 5) is 6.54. The van der Waals surface area contributed by atoms with Gasteiger partial charge in [0.25, 0.3) is 5.95 Å². The number of hydrogen-bond donors (Lipinski definition) is 1. The summed E-state index contributed by atoms with van der Waals surface area (Å²) in [6.07, 6.45) is 3.79. The van der Waals surface area contributed by atoms with E-state index in [-0.39, 0.29) is 5.95 Å². The highest BCUT2D eigenvalue weighted by Gasteiger charge is 2.37. The molecule has 3 saturated heterocycles. The van der Waals surface area contributed by atoms with Crippen LogP contribution in [-0.4, -0.2) is 28.1 Å². The summed E-state index contributed by atoms with van der Waals surface area (Å²) in [5.41, 5.74) is 5.45. The van der Waals surface area contributed by atoms with Crippen molar-refractivity contribution >= 4 is 5.95 Å². The number of nitrogens with zero attached hydrogens (tertiary/aromatic N) is 3. The van der Waals surface area contributed by atoms with Crippen LogP contribution >= 0.6 is 0 Å². The van der Waals surface area contributed by atoms with E-state index >= 15 is 0 Å². The Kier molecular flexibility index (Phi) is 1.73. The minimum Gasteiger partial charge on any atom is -0.365 e. The maximum Gasteiger partial charge on any atom is 0.260 e. The van der Waals surface area contributed by atoms with Crippen molar-refractivity contribution in [1.29, 1.82) is 0 Å². The first-order chi connectivity index (χ1) is 6.83. The van der Waals surface area contributed by atoms with Crippen LogP contribution in [0.2, 0.25) is 0 Å². The van der Waals surface area contributed by atoms with Gasteiger partial charge in [0.05, 0.1) is 6.04 Å². The van der Waals surface area contributed by atoms with E-state index < -0.39 is 0 Å². The van der Waals surface area contributed by atoms with E-state index in [0.29, 0.717) is 11.9 Å². The Labute approximate surface area is 82.3 Å². The molecule has 1 unspecified atom stereocenters. The third kappa shape index (κ3) is 1.19. The van der Waals surface area contributed by atoms with Crippen LogP contribution in [0.5, 0.6) is 0 Å². The molecular formula is C9H14N4O. The molecular weight excluding hydrogens is 180 g/mol. The van der Waals surface area contributed by atoms with Gasteiger partial charge in [-0.15, -0.1) is 0 Å². The average Bonchev–Trinajstić information content (AvgIpc) is 2.66. The van der Waals surface area contributed by atoms with E-state index in [0.717, 1.165) is 25.4 Å². The number of nitrogens with two attached hydrogens (primary N) is 1. The molecule has 3 aliphatic heterocycles. The van der Waals surface area contributed by atoms with Gasteiger partial charge in [-0.05, 0) is 43.4 Å². The lowest BCUT2D eigenvalue weighted by Gasteiger charge is -2.43. The zero-order chi connectivity index (χ0) is 9.54. The Bertz CT molecular complexity index is 329. The van der Waals surface area contributed by atoms with Crippen molar-refractivity contribution in [3.05, 3.63) is 5.89 Å². The van der Waals surface area contributed by atoms with Crippen molar-refractivity contribution in [3.8, 4) is 0 Å². The van der Waals surface area contributed by atoms with Gasteiger partial charge in [0.15, 0.2) is 0 Å². The molecule has 2 N–H and O–H groups in total. The first kappa shape index (κ1) is 8.23. The monoisotopic (exact) mass is 194 g/mol. The van der Waals surface area contributed by atoms with Gasteiger partial charge in [0.2, 0.25) is 5.89 Å². The van der Waals surface area contributed by atoms with E-state index in [1.54, 1.807) is 0 Å². The third-order valence-electron chi connectivity index (χ3n) is 3.39. The first-order valence-corrected chi connectivity index (χ1v) is 5.16. The quantitative estimate of drug-likeness (QED) is 0.716. The van der Waals surface area contributed by atoms with Crippen LogP contribution in [0.25, 0.3) is 0 Å². The molecule has 1 atom stereocenters. The van der Waals surface area contributed by atoms with Crippen molar-refractivity contribution in [2.45, 2.75) is 25.3 Å². The SMILES string of the molecule is Nc1noc(C2CC3CCN2CC3)n1. The van der Waals surface area contributed by atoms with Gasteiger partial charge in [-0.1, -0.05) is 0 Å². The van der Waals surface area contributed by atoms with E-state index in [4.69, 9.17) is 10.3 Å². The number of nitrogen functional groups attached to an aromatic ring is 1. The number of anilines is 1. The Hall–Kier alpha value is -1.10. The molecule has 0 spiro atoms. The zero-order valence-electron chi connectivity index (χ0n) is 8.02. The molecule has 0 amide bonds. The summed E-state index contributed by atoms with van der Waals surface area (Å²) in [7, 11) is 0. The topological polar surface area (TPSA) is 68.2 Å². The molecule has 0 radical (unpaired) electrons. The second-order valence-corrected chi connectivity index (χ2v) is 4.22. The number of hydrogen-bond acceptors (Lipinski definition) is 5. The molecule has 3 fully saturated rings. The van der Waals surface area contributed by atoms with E-state index in [1.807, 2.05) is 0 Å². The lowest BCUT2D eigenvalue weighted by Crippen LogP contribution is -2.43. The van der Waals surface area contributed by atoms with Crippen LogP contribution < -0.4 is 5.73 Å². The highest BCUT2D eigenvalue weighted by atomic mass is 16.5. The van der Waals surface area contributed by atoms with Gasteiger partial charge in [0.1, 0.15) is 0 Å². The fraction of sp³-hybridized carbons (Fsp3) is 0.778. The molecule has 0 aromatic carbocycles. The number of aromatic nitrogens is 2. The maximum atomic E-state index is 5.45. The molecule has 76 valence electrons. The average molecular weight is 194 g/mol. The Morgan fingerprint density at radius 2 is 2.14 bits per heavy atom. The van der Waals surface area contributed by atoms with Crippen LogP contribution in [0.15, 0.2) is 4.52 Å². The Morgan fingerprint density at radius 3 is 2.64 bits per heavy atom. The maximum absolute atomic E-state index is 5.45. The van der Waals surface area contributed by atoms with Crippen molar-refractivity contribution in [3.63, 3.8) is 0 Å². The first-order valence-electron chi connectivity index (χ1n) is 5.16. The van der Waals surface area contributed by atoms with E-state index in [9.17, 15) is 0 Å². The third-order valence-corrected chi connectivity index (χ3v) is 3.39. The minimum absolute atomic E-state index is 0.252. The molecule has 4 heterocycles. The summed E-state index contributed by atoms with van der Waals surface area (Å²) >= 11 is 0. The van der Waals surface area contributed by atoms with Crippen LogP contribution in [0, 0.1) is 5.92 Å². The summed E-state index contributed by atoms with van der Waals surface area (Å²) in [5.74, 6) is 1.80. The fourth-order valence-electron chi connectivity index (χ4n) is 2.60. The van der Waals surface area contributed by atoms with Gasteiger partial charge < -0.3 is 10.3 Å². The van der Waals surface area contributed by atoms with Gasteiger partial charge in [-0.2, -0.15) is 4.98 Å². The fourth-order valence-corrected chi connectivity index (χ4v) is 2.60. The predicted octanol–water partition coefficient (Wildman–Crippen LogP) is 0.809. The lowest BCUT2D eigenvalue weighted by molar-refractivity contribution is 0.0317. The molecule has 2 bridgehead atoms. The van der Waals surface area contributed by atoms with Crippen molar-refractivity contribution in [2.75, 3.05) is 18.8 Å². The number of rotatable bonds is 1. The number of fused-ring (bicyclic) bond motifs is 3. The van der Waals surface area contributed by atoms with Gasteiger partial charge in [0, 0.05) is 0 Å². The van der Waals surface area contributed by atoms with E-state index in [1.165, 1.54) is 12.8 Å². The molecule has 1 aromatic rings. The molecule has 14 heavy (non-hydrogen) atoms. The summed E-state index contributed by atoms with van der Waals surface area (Å²) in [5, 5.41) is 3.64. The predicted molar refractivity (Wildman–Crippen MR) is 50.4 cm³/mol. The van der Waals surface area contributed by atoms with Crippen LogP contribution in [0.4, 0.5) is 5.95 Å². The van der Waals surface area contributed by atoms with Gasteiger partial charge >= 0.3 is 0 Å². The highest BCUT2D eigenvalue weighted by Crippen LogP contribution is 2.39. The molecule has 5 heteroatoms. The molecule has 5 nitrogen and oxygen atoms in total. The zero-order valence-corrected chi connectivity index (χ0v) is 8.02. The lowest BCUT2D eigenvalue weighted by atomic mass is 9.83. The second kappa shape index (κ2) is 2.95. The van der Waals surface area contributed by atoms with Crippen molar-refractivity contribution in [1.82, 2.24) is 15.0 Å². The smallest absolute Gasteiger partial charge is 0.260 e. The molecule has 0 saturated carbocycles. The highest BCUT2D eigenvalue weighted by molar-refractivity contribution is 5.12. The normalized spacial score (nSPS) is 36.1. The standard InChI is InChI=1S/C9H14N4O/c10-9-11-8(14-12-9)7-5-6-1-3-13(7)4-2-6/h6-7H,1-5H2,(H2,10,12). The molecule has 3 aliphatic rings. The number of piperidine rings is 3. The largest absolute Gasteiger partial charge is 0.365 e. The Balaban J connectivity index is 1.85. The van der Waals surface area contributed by atoms with Crippen LogP contribution in [0.1, 0.15) is 31.2 Å². The van der Waals surface area contributed by atoms with Gasteiger partial charge in [-0.25, -0.2) is 0 Å². The summed E-state index contributed by atoms with van der Waals surface area (Å²) < 4.78 is 5.13. The molecule has 0 aliphatic carbocycles. The minimum atomic E-state index is 0.252. The van der Waals surface area contributed by atoms with Crippen molar-refractivity contribution < 1.29 is 4.52 Å². The van der Waals surface area contributed by atoms with Crippen LogP contribution in [0.3, 0.4) is 0 Å². The van der Waals surface area contributed by atoms with Crippen LogP contribution in [-0.2, 0) is 0 Å². The van der Waals surface area contributed by atoms with E-state index in [2.05, 4.69) is 15.0 Å². The Morgan fingerprint density at radius 1 is 1.36 bits per heavy atom.